The number of oxazole rings is 1. The number of hydrogen-bond donors (Lipinski definition) is 1. The summed E-state index contributed by atoms with van der Waals surface area (Å²) in [7, 11) is 2.98. The number of amides is 1. The SMILES string of the molecule is COc1cccc(OC)c1C(=O)Nc1ccc(Cl)c(-c2nc3cc(Cl)ccc3o2)c1. The highest BCUT2D eigenvalue weighted by Gasteiger charge is 2.19. The van der Waals surface area contributed by atoms with Gasteiger partial charge >= 0.3 is 0 Å². The highest BCUT2D eigenvalue weighted by molar-refractivity contribution is 6.33. The molecule has 1 N–H and O–H groups in total. The molecule has 6 nitrogen and oxygen atoms in total. The number of rotatable bonds is 5. The first-order valence-corrected chi connectivity index (χ1v) is 9.64. The van der Waals surface area contributed by atoms with Crippen molar-refractivity contribution in [1.29, 1.82) is 0 Å². The van der Waals surface area contributed by atoms with Gasteiger partial charge < -0.3 is 19.2 Å². The Labute approximate surface area is 182 Å². The van der Waals surface area contributed by atoms with E-state index in [1.807, 2.05) is 0 Å². The number of ether oxygens (including phenoxy) is 2. The zero-order valence-corrected chi connectivity index (χ0v) is 17.5. The molecule has 0 radical (unpaired) electrons. The second kappa shape index (κ2) is 8.26. The second-order valence-electron chi connectivity index (χ2n) is 6.32. The Morgan fingerprint density at radius 2 is 1.73 bits per heavy atom. The van der Waals surface area contributed by atoms with E-state index in [0.29, 0.717) is 49.8 Å². The molecular weight excluding hydrogens is 427 g/mol. The first-order valence-electron chi connectivity index (χ1n) is 8.88. The lowest BCUT2D eigenvalue weighted by molar-refractivity contribution is 0.102. The third-order valence-electron chi connectivity index (χ3n) is 4.46. The molecule has 0 saturated heterocycles. The van der Waals surface area contributed by atoms with Gasteiger partial charge in [0, 0.05) is 10.7 Å². The van der Waals surface area contributed by atoms with E-state index in [-0.39, 0.29) is 11.5 Å². The van der Waals surface area contributed by atoms with Crippen LogP contribution in [-0.4, -0.2) is 25.1 Å². The first kappa shape index (κ1) is 20.1. The smallest absolute Gasteiger partial charge is 0.263 e. The van der Waals surface area contributed by atoms with E-state index in [0.717, 1.165) is 0 Å². The lowest BCUT2D eigenvalue weighted by Crippen LogP contribution is -2.14. The fraction of sp³-hybridized carbons (Fsp3) is 0.0909. The van der Waals surface area contributed by atoms with E-state index < -0.39 is 0 Å². The van der Waals surface area contributed by atoms with E-state index in [2.05, 4.69) is 10.3 Å². The van der Waals surface area contributed by atoms with Gasteiger partial charge in [-0.1, -0.05) is 29.3 Å². The number of halogens is 2. The number of anilines is 1. The molecular formula is C22H16Cl2N2O4. The van der Waals surface area contributed by atoms with Crippen molar-refractivity contribution in [2.24, 2.45) is 0 Å². The summed E-state index contributed by atoms with van der Waals surface area (Å²) in [4.78, 5) is 17.4. The van der Waals surface area contributed by atoms with Crippen LogP contribution in [-0.2, 0) is 0 Å². The van der Waals surface area contributed by atoms with Gasteiger partial charge in [0.25, 0.3) is 5.91 Å². The molecule has 0 saturated carbocycles. The van der Waals surface area contributed by atoms with Crippen LogP contribution in [0.3, 0.4) is 0 Å². The van der Waals surface area contributed by atoms with Crippen LogP contribution in [0.15, 0.2) is 59.0 Å². The summed E-state index contributed by atoms with van der Waals surface area (Å²) in [6.07, 6.45) is 0. The quantitative estimate of drug-likeness (QED) is 0.405. The highest BCUT2D eigenvalue weighted by Crippen LogP contribution is 2.34. The molecule has 4 aromatic rings. The standard InChI is InChI=1S/C22H16Cl2N2O4/c1-28-18-4-3-5-19(29-2)20(18)21(27)25-13-7-8-15(24)14(11-13)22-26-16-10-12(23)6-9-17(16)30-22/h3-11H,1-2H3,(H,25,27). The summed E-state index contributed by atoms with van der Waals surface area (Å²) in [5, 5.41) is 3.83. The summed E-state index contributed by atoms with van der Waals surface area (Å²) in [5.41, 5.74) is 2.53. The maximum Gasteiger partial charge on any atom is 0.263 e. The number of benzene rings is 3. The molecule has 4 rings (SSSR count). The second-order valence-corrected chi connectivity index (χ2v) is 7.16. The molecule has 0 spiro atoms. The average Bonchev–Trinajstić information content (AvgIpc) is 3.17. The lowest BCUT2D eigenvalue weighted by Gasteiger charge is -2.13. The van der Waals surface area contributed by atoms with Gasteiger partial charge in [-0.15, -0.1) is 0 Å². The van der Waals surface area contributed by atoms with E-state index in [1.165, 1.54) is 14.2 Å². The summed E-state index contributed by atoms with van der Waals surface area (Å²) in [5.74, 6) is 0.735. The van der Waals surface area contributed by atoms with Gasteiger partial charge in [-0.3, -0.25) is 4.79 Å². The van der Waals surface area contributed by atoms with Crippen LogP contribution in [0, 0.1) is 0 Å². The molecule has 1 amide bonds. The Balaban J connectivity index is 1.69. The molecule has 152 valence electrons. The Morgan fingerprint density at radius 1 is 1.00 bits per heavy atom. The summed E-state index contributed by atoms with van der Waals surface area (Å²) >= 11 is 12.4. The Morgan fingerprint density at radius 3 is 2.43 bits per heavy atom. The van der Waals surface area contributed by atoms with Gasteiger partial charge in [-0.2, -0.15) is 0 Å². The van der Waals surface area contributed by atoms with Crippen molar-refractivity contribution in [3.8, 4) is 23.0 Å². The van der Waals surface area contributed by atoms with Crippen LogP contribution in [0.5, 0.6) is 11.5 Å². The van der Waals surface area contributed by atoms with Gasteiger partial charge in [0.1, 0.15) is 22.6 Å². The Bertz CT molecular complexity index is 1230. The zero-order valence-electron chi connectivity index (χ0n) is 16.0. The van der Waals surface area contributed by atoms with Crippen molar-refractivity contribution >= 4 is 45.9 Å². The molecule has 0 bridgehead atoms. The van der Waals surface area contributed by atoms with Gasteiger partial charge in [0.05, 0.1) is 24.8 Å². The molecule has 0 aliphatic rings. The van der Waals surface area contributed by atoms with E-state index in [9.17, 15) is 4.79 Å². The minimum absolute atomic E-state index is 0.288. The molecule has 0 unspecified atom stereocenters. The monoisotopic (exact) mass is 442 g/mol. The topological polar surface area (TPSA) is 73.6 Å². The number of nitrogens with zero attached hydrogens (tertiary/aromatic N) is 1. The van der Waals surface area contributed by atoms with Crippen molar-refractivity contribution in [3.63, 3.8) is 0 Å². The van der Waals surface area contributed by atoms with Gasteiger partial charge in [-0.25, -0.2) is 4.98 Å². The largest absolute Gasteiger partial charge is 0.496 e. The fourth-order valence-electron chi connectivity index (χ4n) is 3.05. The third-order valence-corrected chi connectivity index (χ3v) is 5.02. The lowest BCUT2D eigenvalue weighted by atomic mass is 10.1. The van der Waals surface area contributed by atoms with Crippen LogP contribution < -0.4 is 14.8 Å². The van der Waals surface area contributed by atoms with Gasteiger partial charge in [-0.05, 0) is 48.5 Å². The average molecular weight is 443 g/mol. The van der Waals surface area contributed by atoms with Crippen LogP contribution in [0.4, 0.5) is 5.69 Å². The van der Waals surface area contributed by atoms with Gasteiger partial charge in [0.2, 0.25) is 5.89 Å². The van der Waals surface area contributed by atoms with Crippen LogP contribution in [0.2, 0.25) is 10.0 Å². The fourth-order valence-corrected chi connectivity index (χ4v) is 3.42. The predicted octanol–water partition coefficient (Wildman–Crippen LogP) is 6.07. The Kier molecular flexibility index (Phi) is 5.53. The Hall–Kier alpha value is -3.22. The number of methoxy groups -OCH3 is 2. The molecule has 0 fully saturated rings. The normalized spacial score (nSPS) is 10.8. The molecule has 0 aliphatic carbocycles. The zero-order chi connectivity index (χ0) is 21.3. The van der Waals surface area contributed by atoms with E-state index >= 15 is 0 Å². The van der Waals surface area contributed by atoms with Crippen molar-refractivity contribution in [3.05, 3.63) is 70.2 Å². The molecule has 30 heavy (non-hydrogen) atoms. The molecule has 8 heteroatoms. The number of carbonyl (C=O) groups is 1. The predicted molar refractivity (Wildman–Crippen MR) is 117 cm³/mol. The number of nitrogens with one attached hydrogen (secondary N) is 1. The number of carbonyl (C=O) groups excluding carboxylic acids is 1. The molecule has 1 heterocycles. The van der Waals surface area contributed by atoms with Crippen molar-refractivity contribution < 1.29 is 18.7 Å². The summed E-state index contributed by atoms with van der Waals surface area (Å²) in [6.45, 7) is 0. The van der Waals surface area contributed by atoms with E-state index in [1.54, 1.807) is 54.6 Å². The maximum absolute atomic E-state index is 12.9. The maximum atomic E-state index is 12.9. The number of hydrogen-bond acceptors (Lipinski definition) is 5. The number of fused-ring (bicyclic) bond motifs is 1. The number of aromatic nitrogens is 1. The minimum Gasteiger partial charge on any atom is -0.496 e. The molecule has 0 atom stereocenters. The summed E-state index contributed by atoms with van der Waals surface area (Å²) < 4.78 is 16.4. The van der Waals surface area contributed by atoms with Crippen molar-refractivity contribution in [2.75, 3.05) is 19.5 Å². The molecule has 0 aliphatic heterocycles. The highest BCUT2D eigenvalue weighted by atomic mass is 35.5. The third kappa shape index (κ3) is 3.79. The van der Waals surface area contributed by atoms with E-state index in [4.69, 9.17) is 37.1 Å². The van der Waals surface area contributed by atoms with Crippen LogP contribution >= 0.6 is 23.2 Å². The summed E-state index contributed by atoms with van der Waals surface area (Å²) in [6, 6.07) is 15.3. The minimum atomic E-state index is -0.387. The first-order chi connectivity index (χ1) is 14.5. The van der Waals surface area contributed by atoms with Crippen LogP contribution in [0.25, 0.3) is 22.6 Å². The molecule has 3 aromatic carbocycles. The van der Waals surface area contributed by atoms with Gasteiger partial charge in [0.15, 0.2) is 5.58 Å². The van der Waals surface area contributed by atoms with Crippen molar-refractivity contribution in [1.82, 2.24) is 4.98 Å². The molecule has 1 aromatic heterocycles. The van der Waals surface area contributed by atoms with Crippen LogP contribution in [0.1, 0.15) is 10.4 Å². The van der Waals surface area contributed by atoms with Crippen molar-refractivity contribution in [2.45, 2.75) is 0 Å².